The Hall–Kier alpha value is -3.53. The molecule has 1 heterocycles. The number of carbonyl (C=O) groups excluding carboxylic acids is 3. The maximum atomic E-state index is 13.0. The summed E-state index contributed by atoms with van der Waals surface area (Å²) in [5, 5.41) is 12.1. The number of benzene rings is 1. The quantitative estimate of drug-likeness (QED) is 0.824. The molecule has 0 saturated heterocycles. The van der Waals surface area contributed by atoms with Gasteiger partial charge in [0, 0.05) is 18.7 Å². The zero-order valence-corrected chi connectivity index (χ0v) is 15.7. The molecule has 7 heteroatoms. The van der Waals surface area contributed by atoms with Crippen LogP contribution < -0.4 is 5.32 Å². The van der Waals surface area contributed by atoms with E-state index in [0.29, 0.717) is 16.7 Å². The minimum atomic E-state index is -1.07. The monoisotopic (exact) mass is 377 g/mol. The van der Waals surface area contributed by atoms with Gasteiger partial charge in [-0.05, 0) is 49.7 Å². The van der Waals surface area contributed by atoms with Crippen LogP contribution in [-0.4, -0.2) is 28.7 Å². The predicted molar refractivity (Wildman–Crippen MR) is 99.3 cm³/mol. The topological polar surface area (TPSA) is 109 Å². The lowest BCUT2D eigenvalue weighted by Gasteiger charge is -2.42. The number of hydrogen-bond acceptors (Lipinski definition) is 6. The number of nitrogens with one attached hydrogen (secondary N) is 1. The van der Waals surface area contributed by atoms with E-state index < -0.39 is 29.4 Å². The molecular formula is C21H19N3O4. The molecule has 2 atom stereocenters. The molecule has 142 valence electrons. The standard InChI is InChI=1S/C21H19N3O4/c1-12(25)28-19-17(24-20(27)16-6-4-5-9-23-16)15-10-13(11-22)7-8-14(15)18(26)21(19,2)3/h4-10,17,19H,1-3H3,(H,24,27). The second-order valence-electron chi connectivity index (χ2n) is 7.16. The second kappa shape index (κ2) is 7.24. The van der Waals surface area contributed by atoms with Crippen LogP contribution in [0.1, 0.15) is 58.8 Å². The van der Waals surface area contributed by atoms with Gasteiger partial charge in [0.05, 0.1) is 23.1 Å². The van der Waals surface area contributed by atoms with E-state index in [2.05, 4.69) is 10.3 Å². The third-order valence-electron chi connectivity index (χ3n) is 4.84. The van der Waals surface area contributed by atoms with Gasteiger partial charge in [-0.1, -0.05) is 6.07 Å². The molecule has 7 nitrogen and oxygen atoms in total. The van der Waals surface area contributed by atoms with E-state index in [1.807, 2.05) is 6.07 Å². The molecule has 0 saturated carbocycles. The molecule has 0 radical (unpaired) electrons. The Kier molecular flexibility index (Phi) is 4.97. The van der Waals surface area contributed by atoms with Gasteiger partial charge in [-0.15, -0.1) is 0 Å². The van der Waals surface area contributed by atoms with Gasteiger partial charge in [0.25, 0.3) is 5.91 Å². The molecule has 1 amide bonds. The zero-order chi connectivity index (χ0) is 20.5. The summed E-state index contributed by atoms with van der Waals surface area (Å²) in [5.41, 5.74) is 0.286. The molecule has 28 heavy (non-hydrogen) atoms. The molecule has 1 aliphatic rings. The van der Waals surface area contributed by atoms with Crippen molar-refractivity contribution in [3.8, 4) is 6.07 Å². The number of hydrogen-bond donors (Lipinski definition) is 1. The summed E-state index contributed by atoms with van der Waals surface area (Å²) in [6.07, 6.45) is 0.556. The molecule has 1 N–H and O–H groups in total. The van der Waals surface area contributed by atoms with Crippen LogP contribution in [0, 0.1) is 16.7 Å². The van der Waals surface area contributed by atoms with Gasteiger partial charge < -0.3 is 10.1 Å². The number of ketones is 1. The fraction of sp³-hybridized carbons (Fsp3) is 0.286. The minimum absolute atomic E-state index is 0.191. The molecule has 1 aromatic heterocycles. The van der Waals surface area contributed by atoms with Gasteiger partial charge in [0.2, 0.25) is 0 Å². The summed E-state index contributed by atoms with van der Waals surface area (Å²) in [5.74, 6) is -1.26. The number of fused-ring (bicyclic) bond motifs is 1. The lowest BCUT2D eigenvalue weighted by Crippen LogP contribution is -2.53. The van der Waals surface area contributed by atoms with E-state index in [1.54, 1.807) is 50.2 Å². The Morgan fingerprint density at radius 2 is 2.00 bits per heavy atom. The normalized spacial score (nSPS) is 19.9. The fourth-order valence-electron chi connectivity index (χ4n) is 3.41. The first-order chi connectivity index (χ1) is 13.3. The molecule has 0 fully saturated rings. The summed E-state index contributed by atoms with van der Waals surface area (Å²) in [7, 11) is 0. The smallest absolute Gasteiger partial charge is 0.303 e. The molecule has 0 spiro atoms. The first-order valence-electron chi connectivity index (χ1n) is 8.73. The van der Waals surface area contributed by atoms with E-state index in [9.17, 15) is 19.6 Å². The maximum absolute atomic E-state index is 13.0. The number of esters is 1. The van der Waals surface area contributed by atoms with Crippen molar-refractivity contribution in [1.82, 2.24) is 10.3 Å². The number of aromatic nitrogens is 1. The van der Waals surface area contributed by atoms with Crippen molar-refractivity contribution in [1.29, 1.82) is 5.26 Å². The maximum Gasteiger partial charge on any atom is 0.303 e. The first-order valence-corrected chi connectivity index (χ1v) is 8.73. The zero-order valence-electron chi connectivity index (χ0n) is 15.7. The Morgan fingerprint density at radius 3 is 2.61 bits per heavy atom. The summed E-state index contributed by atoms with van der Waals surface area (Å²) < 4.78 is 5.48. The molecule has 2 unspecified atom stereocenters. The van der Waals surface area contributed by atoms with Crippen molar-refractivity contribution in [2.75, 3.05) is 0 Å². The fourth-order valence-corrected chi connectivity index (χ4v) is 3.41. The van der Waals surface area contributed by atoms with Crippen LogP contribution in [0.2, 0.25) is 0 Å². The van der Waals surface area contributed by atoms with E-state index in [1.165, 1.54) is 13.1 Å². The van der Waals surface area contributed by atoms with Gasteiger partial charge in [-0.3, -0.25) is 19.4 Å². The molecule has 0 bridgehead atoms. The lowest BCUT2D eigenvalue weighted by molar-refractivity contribution is -0.153. The number of rotatable bonds is 3. The van der Waals surface area contributed by atoms with Crippen molar-refractivity contribution in [3.63, 3.8) is 0 Å². The third kappa shape index (κ3) is 3.37. The van der Waals surface area contributed by atoms with Crippen molar-refractivity contribution < 1.29 is 19.1 Å². The van der Waals surface area contributed by atoms with Crippen LogP contribution in [0.3, 0.4) is 0 Å². The molecule has 3 rings (SSSR count). The highest BCUT2D eigenvalue weighted by Crippen LogP contribution is 2.43. The molecule has 1 aromatic carbocycles. The van der Waals surface area contributed by atoms with E-state index in [4.69, 9.17) is 4.74 Å². The average Bonchev–Trinajstić information content (AvgIpc) is 2.68. The van der Waals surface area contributed by atoms with Gasteiger partial charge in [-0.2, -0.15) is 5.26 Å². The summed E-state index contributed by atoms with van der Waals surface area (Å²) in [6, 6.07) is 10.8. The molecular weight excluding hydrogens is 358 g/mol. The predicted octanol–water partition coefficient (Wildman–Crippen LogP) is 2.58. The van der Waals surface area contributed by atoms with E-state index in [0.717, 1.165) is 0 Å². The van der Waals surface area contributed by atoms with Crippen molar-refractivity contribution in [3.05, 3.63) is 65.0 Å². The molecule has 1 aliphatic carbocycles. The Morgan fingerprint density at radius 1 is 1.25 bits per heavy atom. The van der Waals surface area contributed by atoms with Gasteiger partial charge in [0.1, 0.15) is 11.8 Å². The summed E-state index contributed by atoms with van der Waals surface area (Å²) in [4.78, 5) is 41.5. The van der Waals surface area contributed by atoms with Crippen LogP contribution in [0.5, 0.6) is 0 Å². The Bertz CT molecular complexity index is 992. The summed E-state index contributed by atoms with van der Waals surface area (Å²) >= 11 is 0. The Labute approximate surface area is 162 Å². The van der Waals surface area contributed by atoms with Crippen LogP contribution in [0.4, 0.5) is 0 Å². The second-order valence-corrected chi connectivity index (χ2v) is 7.16. The summed E-state index contributed by atoms with van der Waals surface area (Å²) in [6.45, 7) is 4.59. The number of amides is 1. The highest BCUT2D eigenvalue weighted by molar-refractivity contribution is 6.04. The Balaban J connectivity index is 2.12. The van der Waals surface area contributed by atoms with Crippen LogP contribution in [0.15, 0.2) is 42.6 Å². The van der Waals surface area contributed by atoms with Crippen molar-refractivity contribution >= 4 is 17.7 Å². The van der Waals surface area contributed by atoms with Crippen molar-refractivity contribution in [2.24, 2.45) is 5.41 Å². The highest BCUT2D eigenvalue weighted by Gasteiger charge is 2.50. The highest BCUT2D eigenvalue weighted by atomic mass is 16.5. The van der Waals surface area contributed by atoms with Crippen LogP contribution in [-0.2, 0) is 9.53 Å². The lowest BCUT2D eigenvalue weighted by atomic mass is 9.68. The largest absolute Gasteiger partial charge is 0.459 e. The number of nitrogens with zero attached hydrogens (tertiary/aromatic N) is 2. The number of carbonyl (C=O) groups is 3. The number of Topliss-reactive ketones (excluding diaryl/α,β-unsaturated/α-hetero) is 1. The van der Waals surface area contributed by atoms with Crippen LogP contribution >= 0.6 is 0 Å². The number of pyridine rings is 1. The number of ether oxygens (including phenoxy) is 1. The third-order valence-corrected chi connectivity index (χ3v) is 4.84. The van der Waals surface area contributed by atoms with Crippen molar-refractivity contribution in [2.45, 2.75) is 32.9 Å². The van der Waals surface area contributed by atoms with E-state index in [-0.39, 0.29) is 11.5 Å². The first kappa shape index (κ1) is 19.2. The van der Waals surface area contributed by atoms with Crippen LogP contribution in [0.25, 0.3) is 0 Å². The van der Waals surface area contributed by atoms with Gasteiger partial charge in [0.15, 0.2) is 5.78 Å². The van der Waals surface area contributed by atoms with Gasteiger partial charge in [-0.25, -0.2) is 0 Å². The van der Waals surface area contributed by atoms with E-state index >= 15 is 0 Å². The molecule has 0 aliphatic heterocycles. The minimum Gasteiger partial charge on any atom is -0.459 e. The van der Waals surface area contributed by atoms with Gasteiger partial charge >= 0.3 is 5.97 Å². The number of nitriles is 1. The SMILES string of the molecule is CC(=O)OC1C(NC(=O)c2ccccn2)c2cc(C#N)ccc2C(=O)C1(C)C. The molecule has 2 aromatic rings. The average molecular weight is 377 g/mol.